The van der Waals surface area contributed by atoms with E-state index in [1.165, 1.54) is 32.1 Å². The monoisotopic (exact) mass is 308 g/mol. The van der Waals surface area contributed by atoms with E-state index in [-0.39, 0.29) is 11.6 Å². The van der Waals surface area contributed by atoms with Crippen molar-refractivity contribution >= 4 is 33.8 Å². The molecule has 1 N–H and O–H groups in total. The molecule has 108 valence electrons. The van der Waals surface area contributed by atoms with Crippen LogP contribution in [0.5, 0.6) is 0 Å². The first-order chi connectivity index (χ1) is 9.72. The SMILES string of the molecule is CCC(C1CCCCC1)n1c(=S)[nH]c2sccc2c1=O. The predicted octanol–water partition coefficient (Wildman–Crippen LogP) is 4.65. The molecule has 0 aliphatic heterocycles. The van der Waals surface area contributed by atoms with E-state index in [1.807, 2.05) is 16.0 Å². The number of nitrogens with one attached hydrogen (secondary N) is 1. The quantitative estimate of drug-likeness (QED) is 0.838. The normalized spacial score (nSPS) is 18.4. The average Bonchev–Trinajstić information content (AvgIpc) is 2.92. The molecule has 0 saturated heterocycles. The Bertz CT molecular complexity index is 706. The first-order valence-electron chi connectivity index (χ1n) is 7.44. The van der Waals surface area contributed by atoms with Crippen LogP contribution in [0.25, 0.3) is 10.2 Å². The van der Waals surface area contributed by atoms with Gasteiger partial charge in [-0.05, 0) is 48.8 Å². The maximum absolute atomic E-state index is 12.7. The standard InChI is InChI=1S/C15H20N2OS2/c1-2-12(10-6-4-3-5-7-10)17-14(18)11-8-9-20-13(11)16-15(17)19/h8-10,12H,2-7H2,1H3,(H,16,19). The Hall–Kier alpha value is -0.940. The Morgan fingerprint density at radius 1 is 1.45 bits per heavy atom. The minimum atomic E-state index is 0.0856. The van der Waals surface area contributed by atoms with Gasteiger partial charge in [-0.3, -0.25) is 9.36 Å². The highest BCUT2D eigenvalue weighted by Gasteiger charge is 2.25. The number of hydrogen-bond donors (Lipinski definition) is 1. The molecule has 2 aromatic heterocycles. The molecule has 5 heteroatoms. The lowest BCUT2D eigenvalue weighted by molar-refractivity contribution is 0.237. The van der Waals surface area contributed by atoms with Crippen LogP contribution >= 0.6 is 23.6 Å². The van der Waals surface area contributed by atoms with E-state index in [0.29, 0.717) is 10.7 Å². The summed E-state index contributed by atoms with van der Waals surface area (Å²) in [4.78, 5) is 16.9. The van der Waals surface area contributed by atoms with Gasteiger partial charge in [0.15, 0.2) is 4.77 Å². The molecular weight excluding hydrogens is 288 g/mol. The predicted molar refractivity (Wildman–Crippen MR) is 87.2 cm³/mol. The Balaban J connectivity index is 2.11. The fraction of sp³-hybridized carbons (Fsp3) is 0.600. The van der Waals surface area contributed by atoms with Crippen molar-refractivity contribution in [2.45, 2.75) is 51.5 Å². The maximum atomic E-state index is 12.7. The van der Waals surface area contributed by atoms with Crippen LogP contribution in [0.2, 0.25) is 0 Å². The van der Waals surface area contributed by atoms with E-state index in [9.17, 15) is 4.79 Å². The van der Waals surface area contributed by atoms with Gasteiger partial charge in [-0.1, -0.05) is 26.2 Å². The van der Waals surface area contributed by atoms with Gasteiger partial charge in [0.1, 0.15) is 4.83 Å². The fourth-order valence-electron chi connectivity index (χ4n) is 3.50. The minimum Gasteiger partial charge on any atom is -0.323 e. The molecule has 20 heavy (non-hydrogen) atoms. The van der Waals surface area contributed by atoms with E-state index >= 15 is 0 Å². The zero-order valence-corrected chi connectivity index (χ0v) is 13.4. The lowest BCUT2D eigenvalue weighted by atomic mass is 9.83. The zero-order chi connectivity index (χ0) is 14.1. The lowest BCUT2D eigenvalue weighted by Gasteiger charge is -2.30. The molecule has 3 rings (SSSR count). The van der Waals surface area contributed by atoms with Gasteiger partial charge in [0.25, 0.3) is 5.56 Å². The van der Waals surface area contributed by atoms with Crippen LogP contribution < -0.4 is 5.56 Å². The smallest absolute Gasteiger partial charge is 0.263 e. The molecule has 0 radical (unpaired) electrons. The van der Waals surface area contributed by atoms with Crippen molar-refractivity contribution in [1.82, 2.24) is 9.55 Å². The van der Waals surface area contributed by atoms with Gasteiger partial charge >= 0.3 is 0 Å². The molecule has 3 nitrogen and oxygen atoms in total. The zero-order valence-electron chi connectivity index (χ0n) is 11.7. The number of rotatable bonds is 3. The summed E-state index contributed by atoms with van der Waals surface area (Å²) in [5.41, 5.74) is 0.0856. The van der Waals surface area contributed by atoms with Crippen LogP contribution in [-0.4, -0.2) is 9.55 Å². The van der Waals surface area contributed by atoms with Gasteiger partial charge in [-0.2, -0.15) is 0 Å². The Labute approximate surface area is 127 Å². The van der Waals surface area contributed by atoms with Gasteiger partial charge in [0.2, 0.25) is 0 Å². The first kappa shape index (κ1) is 14.0. The molecule has 0 bridgehead atoms. The van der Waals surface area contributed by atoms with Crippen LogP contribution in [0.15, 0.2) is 16.2 Å². The van der Waals surface area contributed by atoms with Crippen LogP contribution in [0.3, 0.4) is 0 Å². The maximum Gasteiger partial charge on any atom is 0.263 e. The fourth-order valence-corrected chi connectivity index (χ4v) is 4.66. The highest BCUT2D eigenvalue weighted by molar-refractivity contribution is 7.71. The summed E-state index contributed by atoms with van der Waals surface area (Å²) in [6.07, 6.45) is 7.32. The van der Waals surface area contributed by atoms with Gasteiger partial charge in [-0.15, -0.1) is 11.3 Å². The van der Waals surface area contributed by atoms with Gasteiger partial charge in [-0.25, -0.2) is 0 Å². The second kappa shape index (κ2) is 5.82. The molecule has 0 spiro atoms. The molecule has 1 aliphatic carbocycles. The van der Waals surface area contributed by atoms with Crippen molar-refractivity contribution in [2.75, 3.05) is 0 Å². The van der Waals surface area contributed by atoms with Crippen LogP contribution in [0.4, 0.5) is 0 Å². The molecule has 1 unspecified atom stereocenters. The summed E-state index contributed by atoms with van der Waals surface area (Å²) in [6, 6.07) is 2.15. The second-order valence-corrected chi connectivity index (χ2v) is 6.95. The highest BCUT2D eigenvalue weighted by atomic mass is 32.1. The molecule has 0 amide bonds. The first-order valence-corrected chi connectivity index (χ1v) is 8.73. The molecule has 2 heterocycles. The van der Waals surface area contributed by atoms with E-state index in [2.05, 4.69) is 11.9 Å². The van der Waals surface area contributed by atoms with E-state index in [1.54, 1.807) is 11.3 Å². The van der Waals surface area contributed by atoms with Crippen LogP contribution in [0.1, 0.15) is 51.5 Å². The average molecular weight is 308 g/mol. The Morgan fingerprint density at radius 3 is 2.90 bits per heavy atom. The number of aromatic nitrogens is 2. The summed E-state index contributed by atoms with van der Waals surface area (Å²) in [7, 11) is 0. The molecule has 1 atom stereocenters. The summed E-state index contributed by atoms with van der Waals surface area (Å²) < 4.78 is 2.43. The number of thiophene rings is 1. The van der Waals surface area contributed by atoms with Crippen LogP contribution in [0, 0.1) is 10.7 Å². The third-order valence-electron chi connectivity index (χ3n) is 4.50. The number of aromatic amines is 1. The molecule has 1 fully saturated rings. The number of fused-ring (bicyclic) bond motifs is 1. The van der Waals surface area contributed by atoms with Crippen molar-refractivity contribution in [2.24, 2.45) is 5.92 Å². The largest absolute Gasteiger partial charge is 0.323 e. The Morgan fingerprint density at radius 2 is 2.20 bits per heavy atom. The third-order valence-corrected chi connectivity index (χ3v) is 5.63. The summed E-state index contributed by atoms with van der Waals surface area (Å²) >= 11 is 7.00. The van der Waals surface area contributed by atoms with E-state index < -0.39 is 0 Å². The molecule has 0 aromatic carbocycles. The molecular formula is C15H20N2OS2. The second-order valence-electron chi connectivity index (χ2n) is 5.64. The van der Waals surface area contributed by atoms with Crippen molar-refractivity contribution in [3.8, 4) is 0 Å². The minimum absolute atomic E-state index is 0.0856. The summed E-state index contributed by atoms with van der Waals surface area (Å²) in [5.74, 6) is 0.595. The number of hydrogen-bond acceptors (Lipinski definition) is 3. The lowest BCUT2D eigenvalue weighted by Crippen LogP contribution is -2.31. The van der Waals surface area contributed by atoms with Gasteiger partial charge in [0.05, 0.1) is 5.39 Å². The molecule has 2 aromatic rings. The number of H-pyrrole nitrogens is 1. The number of nitrogens with zero attached hydrogens (tertiary/aromatic N) is 1. The molecule has 1 saturated carbocycles. The van der Waals surface area contributed by atoms with Gasteiger partial charge in [0, 0.05) is 6.04 Å². The third kappa shape index (κ3) is 2.37. The summed E-state index contributed by atoms with van der Waals surface area (Å²) in [5, 5.41) is 2.72. The van der Waals surface area contributed by atoms with E-state index in [4.69, 9.17) is 12.2 Å². The van der Waals surface area contributed by atoms with Crippen molar-refractivity contribution in [3.05, 3.63) is 26.6 Å². The summed E-state index contributed by atoms with van der Waals surface area (Å²) in [6.45, 7) is 2.16. The van der Waals surface area contributed by atoms with Crippen LogP contribution in [-0.2, 0) is 0 Å². The van der Waals surface area contributed by atoms with Gasteiger partial charge < -0.3 is 4.98 Å². The Kier molecular flexibility index (Phi) is 4.08. The van der Waals surface area contributed by atoms with Crippen molar-refractivity contribution in [1.29, 1.82) is 0 Å². The highest BCUT2D eigenvalue weighted by Crippen LogP contribution is 2.34. The molecule has 1 aliphatic rings. The van der Waals surface area contributed by atoms with Crippen molar-refractivity contribution in [3.63, 3.8) is 0 Å². The topological polar surface area (TPSA) is 37.8 Å². The van der Waals surface area contributed by atoms with E-state index in [0.717, 1.165) is 16.6 Å². The van der Waals surface area contributed by atoms with Crippen molar-refractivity contribution < 1.29 is 0 Å².